The van der Waals surface area contributed by atoms with Gasteiger partial charge < -0.3 is 15.0 Å². The van der Waals surface area contributed by atoms with Crippen molar-refractivity contribution >= 4 is 28.5 Å². The molecule has 0 aliphatic heterocycles. The van der Waals surface area contributed by atoms with Crippen LogP contribution in [0.5, 0.6) is 0 Å². The molecule has 1 heterocycles. The minimum atomic E-state index is -1.00. The normalized spacial score (nSPS) is 12.2. The van der Waals surface area contributed by atoms with Crippen molar-refractivity contribution in [1.29, 1.82) is 0 Å². The molecular formula is C27H26ClFN2O2. The van der Waals surface area contributed by atoms with Crippen LogP contribution in [0.3, 0.4) is 0 Å². The van der Waals surface area contributed by atoms with Crippen molar-refractivity contribution in [3.63, 3.8) is 0 Å². The Hall–Kier alpha value is -3.15. The number of halogens is 2. The number of carboxylic acid groups (broad SMARTS) is 1. The molecule has 1 aromatic heterocycles. The number of fused-ring (bicyclic) bond motifs is 1. The first-order valence-electron chi connectivity index (χ1n) is 11.0. The van der Waals surface area contributed by atoms with Crippen LogP contribution in [0.4, 0.5) is 4.39 Å². The fraction of sp³-hybridized carbons (Fsp3) is 0.222. The number of para-hydroxylation sites is 1. The summed E-state index contributed by atoms with van der Waals surface area (Å²) in [6.07, 6.45) is 1.89. The number of hydrogen-bond acceptors (Lipinski definition) is 2. The number of aromatic nitrogens is 1. The van der Waals surface area contributed by atoms with E-state index in [0.29, 0.717) is 12.1 Å². The van der Waals surface area contributed by atoms with Crippen LogP contribution in [0.25, 0.3) is 10.9 Å². The molecule has 0 bridgehead atoms. The van der Waals surface area contributed by atoms with E-state index in [1.54, 1.807) is 10.6 Å². The van der Waals surface area contributed by atoms with E-state index in [1.165, 1.54) is 17.7 Å². The highest BCUT2D eigenvalue weighted by atomic mass is 35.5. The molecule has 0 saturated carbocycles. The van der Waals surface area contributed by atoms with E-state index in [9.17, 15) is 14.3 Å². The molecule has 1 atom stereocenters. The average Bonchev–Trinajstić information content (AvgIpc) is 3.12. The van der Waals surface area contributed by atoms with Crippen LogP contribution in [0.2, 0.25) is 5.02 Å². The lowest BCUT2D eigenvalue weighted by atomic mass is 10.1. The van der Waals surface area contributed by atoms with Gasteiger partial charge in [-0.15, -0.1) is 0 Å². The lowest BCUT2D eigenvalue weighted by Crippen LogP contribution is -2.27. The van der Waals surface area contributed by atoms with Crippen molar-refractivity contribution in [1.82, 2.24) is 9.88 Å². The van der Waals surface area contributed by atoms with E-state index in [1.807, 2.05) is 42.5 Å². The molecule has 170 valence electrons. The molecule has 0 aliphatic rings. The number of rotatable bonds is 9. The minimum absolute atomic E-state index is 0.209. The van der Waals surface area contributed by atoms with E-state index in [2.05, 4.69) is 24.4 Å². The van der Waals surface area contributed by atoms with Gasteiger partial charge in [0.25, 0.3) is 0 Å². The van der Waals surface area contributed by atoms with Gasteiger partial charge in [-0.25, -0.2) is 9.18 Å². The van der Waals surface area contributed by atoms with Crippen LogP contribution in [0.15, 0.2) is 72.8 Å². The second kappa shape index (κ2) is 10.2. The van der Waals surface area contributed by atoms with E-state index in [-0.39, 0.29) is 23.3 Å². The Labute approximate surface area is 197 Å². The molecule has 0 spiro atoms. The van der Waals surface area contributed by atoms with Crippen molar-refractivity contribution < 1.29 is 14.3 Å². The average molecular weight is 465 g/mol. The molecule has 2 N–H and O–H groups in total. The minimum Gasteiger partial charge on any atom is -0.477 e. The number of aryl methyl sites for hydroxylation is 1. The van der Waals surface area contributed by atoms with Gasteiger partial charge >= 0.3 is 5.97 Å². The van der Waals surface area contributed by atoms with E-state index < -0.39 is 11.8 Å². The lowest BCUT2D eigenvalue weighted by Gasteiger charge is -2.15. The maximum atomic E-state index is 13.5. The number of benzene rings is 3. The largest absolute Gasteiger partial charge is 0.477 e. The third kappa shape index (κ3) is 5.27. The van der Waals surface area contributed by atoms with Crippen molar-refractivity contribution in [2.75, 3.05) is 0 Å². The van der Waals surface area contributed by atoms with Crippen molar-refractivity contribution in [2.24, 2.45) is 0 Å². The SMILES string of the molecule is C[C@@H](CCc1ccccc1)NCc1c(C(=O)O)n(Cc2ccc(F)cc2Cl)c2ccccc12. The van der Waals surface area contributed by atoms with Crippen LogP contribution >= 0.6 is 11.6 Å². The molecule has 0 unspecified atom stereocenters. The maximum Gasteiger partial charge on any atom is 0.352 e. The predicted octanol–water partition coefficient (Wildman–Crippen LogP) is 6.29. The zero-order valence-electron chi connectivity index (χ0n) is 18.4. The molecule has 4 rings (SSSR count). The molecule has 33 heavy (non-hydrogen) atoms. The summed E-state index contributed by atoms with van der Waals surface area (Å²) in [7, 11) is 0. The number of nitrogens with one attached hydrogen (secondary N) is 1. The quantitative estimate of drug-likeness (QED) is 0.306. The Morgan fingerprint density at radius 3 is 2.55 bits per heavy atom. The van der Waals surface area contributed by atoms with Crippen LogP contribution in [-0.4, -0.2) is 21.7 Å². The molecule has 6 heteroatoms. The number of hydrogen-bond donors (Lipinski definition) is 2. The molecule has 0 radical (unpaired) electrons. The van der Waals surface area contributed by atoms with Crippen LogP contribution in [0, 0.1) is 5.82 Å². The highest BCUT2D eigenvalue weighted by molar-refractivity contribution is 6.31. The van der Waals surface area contributed by atoms with Crippen molar-refractivity contribution in [3.05, 3.63) is 106 Å². The van der Waals surface area contributed by atoms with Gasteiger partial charge in [0.15, 0.2) is 0 Å². The van der Waals surface area contributed by atoms with Gasteiger partial charge in [-0.3, -0.25) is 0 Å². The van der Waals surface area contributed by atoms with E-state index >= 15 is 0 Å². The molecule has 4 aromatic rings. The summed E-state index contributed by atoms with van der Waals surface area (Å²) in [5.74, 6) is -1.42. The van der Waals surface area contributed by atoms with Crippen LogP contribution < -0.4 is 5.32 Å². The Bertz CT molecular complexity index is 1270. The molecule has 4 nitrogen and oxygen atoms in total. The fourth-order valence-electron chi connectivity index (χ4n) is 4.19. The number of carboxylic acids is 1. The molecule has 0 saturated heterocycles. The second-order valence-electron chi connectivity index (χ2n) is 8.28. The Balaban J connectivity index is 1.61. The monoisotopic (exact) mass is 464 g/mol. The zero-order valence-corrected chi connectivity index (χ0v) is 19.1. The van der Waals surface area contributed by atoms with Gasteiger partial charge in [-0.1, -0.05) is 66.2 Å². The standard InChI is InChI=1S/C27H26ClFN2O2/c1-18(11-12-19-7-3-2-4-8-19)30-16-23-22-9-5-6-10-25(22)31(26(23)27(32)33)17-20-13-14-21(29)15-24(20)28/h2-10,13-15,18,30H,11-12,16-17H2,1H3,(H,32,33)/t18-/m0/s1. The molecule has 0 aliphatic carbocycles. The van der Waals surface area contributed by atoms with Gasteiger partial charge in [-0.2, -0.15) is 0 Å². The number of aromatic carboxylic acids is 1. The maximum absolute atomic E-state index is 13.5. The summed E-state index contributed by atoms with van der Waals surface area (Å²) in [6, 6.07) is 22.3. The third-order valence-electron chi connectivity index (χ3n) is 5.96. The molecular weight excluding hydrogens is 439 g/mol. The van der Waals surface area contributed by atoms with Gasteiger partial charge in [0, 0.05) is 40.6 Å². The summed E-state index contributed by atoms with van der Waals surface area (Å²) < 4.78 is 15.3. The number of nitrogens with zero attached hydrogens (tertiary/aromatic N) is 1. The van der Waals surface area contributed by atoms with Gasteiger partial charge in [0.1, 0.15) is 11.5 Å². The Morgan fingerprint density at radius 1 is 1.09 bits per heavy atom. The fourth-order valence-corrected chi connectivity index (χ4v) is 4.42. The van der Waals surface area contributed by atoms with Gasteiger partial charge in [0.05, 0.1) is 0 Å². The van der Waals surface area contributed by atoms with E-state index in [0.717, 1.165) is 29.3 Å². The van der Waals surface area contributed by atoms with Crippen LogP contribution in [0.1, 0.15) is 40.5 Å². The summed E-state index contributed by atoms with van der Waals surface area (Å²) in [4.78, 5) is 12.4. The van der Waals surface area contributed by atoms with E-state index in [4.69, 9.17) is 11.6 Å². The summed E-state index contributed by atoms with van der Waals surface area (Å²) in [6.45, 7) is 2.79. The highest BCUT2D eigenvalue weighted by Crippen LogP contribution is 2.29. The Kier molecular flexibility index (Phi) is 7.11. The molecule has 0 amide bonds. The topological polar surface area (TPSA) is 54.3 Å². The first-order chi connectivity index (χ1) is 15.9. The summed E-state index contributed by atoms with van der Waals surface area (Å²) >= 11 is 6.24. The first kappa shape index (κ1) is 23.0. The second-order valence-corrected chi connectivity index (χ2v) is 8.68. The zero-order chi connectivity index (χ0) is 23.4. The smallest absolute Gasteiger partial charge is 0.352 e. The lowest BCUT2D eigenvalue weighted by molar-refractivity contribution is 0.0684. The summed E-state index contributed by atoms with van der Waals surface area (Å²) in [5, 5.41) is 14.8. The van der Waals surface area contributed by atoms with Gasteiger partial charge in [-0.05, 0) is 49.1 Å². The predicted molar refractivity (Wildman–Crippen MR) is 130 cm³/mol. The highest BCUT2D eigenvalue weighted by Gasteiger charge is 2.23. The Morgan fingerprint density at radius 2 is 1.82 bits per heavy atom. The van der Waals surface area contributed by atoms with Crippen LogP contribution in [-0.2, 0) is 19.5 Å². The molecule has 0 fully saturated rings. The molecule has 3 aromatic carbocycles. The number of carbonyl (C=O) groups is 1. The van der Waals surface area contributed by atoms with Crippen molar-refractivity contribution in [3.8, 4) is 0 Å². The third-order valence-corrected chi connectivity index (χ3v) is 6.31. The van der Waals surface area contributed by atoms with Crippen molar-refractivity contribution in [2.45, 2.75) is 38.9 Å². The van der Waals surface area contributed by atoms with Gasteiger partial charge in [0.2, 0.25) is 0 Å². The first-order valence-corrected chi connectivity index (χ1v) is 11.4. The summed E-state index contributed by atoms with van der Waals surface area (Å²) in [5.41, 5.74) is 3.72.